The van der Waals surface area contributed by atoms with E-state index in [0.717, 1.165) is 38.3 Å². The third-order valence-electron chi connectivity index (χ3n) is 6.80. The SMILES string of the molecule is CN1CCN(Cc2ccc(N=C(c3ccccc3)c3c(O)[nH]c4ccc(NS(=O)(=O)C(F)(F)F)cc34)cc2)CC1. The van der Waals surface area contributed by atoms with Crippen LogP contribution in [0.3, 0.4) is 0 Å². The number of likely N-dealkylation sites (N-methyl/N-ethyl adjacent to an activating group) is 1. The molecule has 0 atom stereocenters. The number of aromatic hydroxyl groups is 1. The number of hydrogen-bond acceptors (Lipinski definition) is 6. The van der Waals surface area contributed by atoms with Gasteiger partial charge in [0.2, 0.25) is 0 Å². The van der Waals surface area contributed by atoms with E-state index < -0.39 is 15.5 Å². The standard InChI is InChI=1S/C28H28F3N5O3S/c1-35-13-15-36(16-14-35)18-19-7-9-21(10-8-19)32-26(20-5-3-2-4-6-20)25-23-17-22(11-12-24(23)33-27(25)37)34-40(38,39)28(29,30)31/h2-12,17,33-34,37H,13-16,18H2,1H3. The van der Waals surface area contributed by atoms with Gasteiger partial charge in [0.25, 0.3) is 0 Å². The Balaban J connectivity index is 1.52. The molecule has 5 rings (SSSR count). The Hall–Kier alpha value is -3.87. The number of rotatable bonds is 7. The number of fused-ring (bicyclic) bond motifs is 1. The van der Waals surface area contributed by atoms with Crippen molar-refractivity contribution in [2.24, 2.45) is 4.99 Å². The third-order valence-corrected chi connectivity index (χ3v) is 7.91. The second-order valence-corrected chi connectivity index (χ2v) is 11.4. The lowest BCUT2D eigenvalue weighted by molar-refractivity contribution is -0.0429. The molecule has 0 spiro atoms. The first-order chi connectivity index (χ1) is 19.0. The fourth-order valence-corrected chi connectivity index (χ4v) is 5.18. The molecule has 12 heteroatoms. The summed E-state index contributed by atoms with van der Waals surface area (Å²) >= 11 is 0. The lowest BCUT2D eigenvalue weighted by Gasteiger charge is -2.32. The zero-order chi connectivity index (χ0) is 28.5. The molecule has 0 saturated carbocycles. The number of hydrogen-bond donors (Lipinski definition) is 3. The molecule has 0 unspecified atom stereocenters. The molecular weight excluding hydrogens is 543 g/mol. The monoisotopic (exact) mass is 571 g/mol. The lowest BCUT2D eigenvalue weighted by atomic mass is 10.0. The van der Waals surface area contributed by atoms with Crippen LogP contribution in [0, 0.1) is 0 Å². The van der Waals surface area contributed by atoms with E-state index >= 15 is 0 Å². The Labute approximate surface area is 229 Å². The highest BCUT2D eigenvalue weighted by atomic mass is 32.2. The summed E-state index contributed by atoms with van der Waals surface area (Å²) in [5, 5.41) is 11.2. The Bertz CT molecular complexity index is 1630. The number of aliphatic imine (C=N–C) groups is 1. The van der Waals surface area contributed by atoms with Gasteiger partial charge < -0.3 is 15.0 Å². The Morgan fingerprint density at radius 1 is 1.00 bits per heavy atom. The average molecular weight is 572 g/mol. The number of H-pyrrole nitrogens is 1. The molecular formula is C28H28F3N5O3S. The quantitative estimate of drug-likeness (QED) is 0.270. The highest BCUT2D eigenvalue weighted by Gasteiger charge is 2.46. The Morgan fingerprint density at radius 3 is 2.33 bits per heavy atom. The van der Waals surface area contributed by atoms with E-state index in [1.54, 1.807) is 29.0 Å². The molecule has 1 fully saturated rings. The minimum Gasteiger partial charge on any atom is -0.494 e. The molecule has 210 valence electrons. The van der Waals surface area contributed by atoms with Gasteiger partial charge in [0.1, 0.15) is 0 Å². The van der Waals surface area contributed by atoms with Crippen LogP contribution in [-0.4, -0.2) is 72.8 Å². The third kappa shape index (κ3) is 5.98. The number of sulfonamides is 1. The van der Waals surface area contributed by atoms with Crippen LogP contribution in [0.5, 0.6) is 5.88 Å². The molecule has 2 heterocycles. The number of alkyl halides is 3. The lowest BCUT2D eigenvalue weighted by Crippen LogP contribution is -2.43. The molecule has 1 saturated heterocycles. The maximum atomic E-state index is 13.0. The summed E-state index contributed by atoms with van der Waals surface area (Å²) in [6.07, 6.45) is 0. The molecule has 0 bridgehead atoms. The van der Waals surface area contributed by atoms with E-state index in [0.29, 0.717) is 27.9 Å². The summed E-state index contributed by atoms with van der Waals surface area (Å²) in [5.74, 6) is -0.250. The number of piperazine rings is 1. The van der Waals surface area contributed by atoms with Crippen LogP contribution in [0.25, 0.3) is 10.9 Å². The van der Waals surface area contributed by atoms with Crippen molar-refractivity contribution < 1.29 is 26.7 Å². The van der Waals surface area contributed by atoms with Gasteiger partial charge >= 0.3 is 15.5 Å². The molecule has 3 aromatic carbocycles. The summed E-state index contributed by atoms with van der Waals surface area (Å²) in [7, 11) is -3.51. The fraction of sp³-hybridized carbons (Fsp3) is 0.250. The van der Waals surface area contributed by atoms with Crippen LogP contribution in [0.1, 0.15) is 16.7 Å². The van der Waals surface area contributed by atoms with Crippen molar-refractivity contribution in [1.29, 1.82) is 0 Å². The molecule has 1 aromatic heterocycles. The molecule has 1 aliphatic heterocycles. The number of aromatic nitrogens is 1. The second-order valence-electron chi connectivity index (χ2n) is 9.73. The maximum absolute atomic E-state index is 13.0. The van der Waals surface area contributed by atoms with Crippen molar-refractivity contribution in [3.8, 4) is 5.88 Å². The van der Waals surface area contributed by atoms with Crippen molar-refractivity contribution in [3.63, 3.8) is 0 Å². The van der Waals surface area contributed by atoms with Crippen LogP contribution in [0.15, 0.2) is 77.8 Å². The predicted molar refractivity (Wildman–Crippen MR) is 150 cm³/mol. The number of benzene rings is 3. The van der Waals surface area contributed by atoms with Crippen LogP contribution >= 0.6 is 0 Å². The van der Waals surface area contributed by atoms with Gasteiger partial charge in [-0.15, -0.1) is 0 Å². The highest BCUT2D eigenvalue weighted by molar-refractivity contribution is 7.93. The molecule has 0 aliphatic carbocycles. The topological polar surface area (TPSA) is 101 Å². The summed E-state index contributed by atoms with van der Waals surface area (Å²) in [6.45, 7) is 4.86. The van der Waals surface area contributed by atoms with Crippen molar-refractivity contribution in [3.05, 3.63) is 89.5 Å². The minimum absolute atomic E-state index is 0.232. The van der Waals surface area contributed by atoms with Crippen LogP contribution < -0.4 is 4.72 Å². The van der Waals surface area contributed by atoms with Gasteiger partial charge in [-0.3, -0.25) is 9.62 Å². The van der Waals surface area contributed by atoms with Gasteiger partial charge in [-0.05, 0) is 42.9 Å². The van der Waals surface area contributed by atoms with Crippen LogP contribution in [0.4, 0.5) is 24.5 Å². The van der Waals surface area contributed by atoms with Gasteiger partial charge in [0.15, 0.2) is 5.88 Å². The van der Waals surface area contributed by atoms with E-state index in [1.807, 2.05) is 30.3 Å². The molecule has 0 radical (unpaired) electrons. The van der Waals surface area contributed by atoms with E-state index in [9.17, 15) is 26.7 Å². The Morgan fingerprint density at radius 2 is 1.68 bits per heavy atom. The highest BCUT2D eigenvalue weighted by Crippen LogP contribution is 2.34. The number of anilines is 1. The number of halogens is 3. The second kappa shape index (κ2) is 11.0. The van der Waals surface area contributed by atoms with E-state index in [4.69, 9.17) is 4.99 Å². The van der Waals surface area contributed by atoms with Crippen molar-refractivity contribution in [2.45, 2.75) is 12.1 Å². The number of aromatic amines is 1. The zero-order valence-electron chi connectivity index (χ0n) is 21.6. The molecule has 4 aromatic rings. The largest absolute Gasteiger partial charge is 0.516 e. The molecule has 40 heavy (non-hydrogen) atoms. The first-order valence-corrected chi connectivity index (χ1v) is 14.1. The maximum Gasteiger partial charge on any atom is 0.516 e. The number of nitrogens with zero attached hydrogens (tertiary/aromatic N) is 3. The van der Waals surface area contributed by atoms with Crippen molar-refractivity contribution in [1.82, 2.24) is 14.8 Å². The smallest absolute Gasteiger partial charge is 0.494 e. The summed E-state index contributed by atoms with van der Waals surface area (Å²) in [6, 6.07) is 20.6. The summed E-state index contributed by atoms with van der Waals surface area (Å²) < 4.78 is 63.8. The van der Waals surface area contributed by atoms with Gasteiger partial charge in [0.05, 0.1) is 17.0 Å². The normalized spacial score (nSPS) is 15.9. The van der Waals surface area contributed by atoms with E-state index in [1.165, 1.54) is 18.2 Å². The van der Waals surface area contributed by atoms with Crippen molar-refractivity contribution in [2.75, 3.05) is 37.9 Å². The number of nitrogens with one attached hydrogen (secondary N) is 2. The first kappa shape index (κ1) is 27.7. The van der Waals surface area contributed by atoms with Gasteiger partial charge in [-0.2, -0.15) is 21.6 Å². The van der Waals surface area contributed by atoms with Crippen LogP contribution in [0.2, 0.25) is 0 Å². The van der Waals surface area contributed by atoms with E-state index in [-0.39, 0.29) is 17.1 Å². The molecule has 1 aliphatic rings. The fourth-order valence-electron chi connectivity index (χ4n) is 4.62. The zero-order valence-corrected chi connectivity index (χ0v) is 22.4. The van der Waals surface area contributed by atoms with Gasteiger partial charge in [-0.1, -0.05) is 42.5 Å². The van der Waals surface area contributed by atoms with Crippen LogP contribution in [-0.2, 0) is 16.6 Å². The molecule has 0 amide bonds. The first-order valence-electron chi connectivity index (χ1n) is 12.6. The van der Waals surface area contributed by atoms with Crippen molar-refractivity contribution >= 4 is 38.0 Å². The predicted octanol–water partition coefficient (Wildman–Crippen LogP) is 5.05. The Kier molecular flexibility index (Phi) is 7.58. The van der Waals surface area contributed by atoms with E-state index in [2.05, 4.69) is 21.8 Å². The molecule has 3 N–H and O–H groups in total. The summed E-state index contributed by atoms with van der Waals surface area (Å²) in [5.41, 5.74) is -2.37. The average Bonchev–Trinajstić information content (AvgIpc) is 3.24. The van der Waals surface area contributed by atoms with Gasteiger partial charge in [-0.25, -0.2) is 4.99 Å². The summed E-state index contributed by atoms with van der Waals surface area (Å²) in [4.78, 5) is 12.3. The minimum atomic E-state index is -5.62. The molecule has 8 nitrogen and oxygen atoms in total. The van der Waals surface area contributed by atoms with Gasteiger partial charge in [0, 0.05) is 54.9 Å².